The van der Waals surface area contributed by atoms with E-state index in [2.05, 4.69) is 45.5 Å². The molecule has 3 aromatic carbocycles. The van der Waals surface area contributed by atoms with Gasteiger partial charge in [0.05, 0.1) is 16.9 Å². The third-order valence-electron chi connectivity index (χ3n) is 7.10. The number of alkyl carbamates (subject to hydrolysis) is 1. The Morgan fingerprint density at radius 2 is 1.52 bits per heavy atom. The number of carboxylic acid groups (broad SMARTS) is 1. The molecular formula is C31H34BrN2NaO6S. The van der Waals surface area contributed by atoms with Crippen LogP contribution in [-0.4, -0.2) is 50.5 Å². The van der Waals surface area contributed by atoms with Crippen LogP contribution in [0.1, 0.15) is 50.2 Å². The fraction of sp³-hybridized carbons (Fsp3) is 0.355. The van der Waals surface area contributed by atoms with E-state index in [9.17, 15) is 23.1 Å². The summed E-state index contributed by atoms with van der Waals surface area (Å²) in [4.78, 5) is 24.6. The second kappa shape index (κ2) is 15.5. The number of hydrogen-bond donors (Lipinski definition) is 1. The summed E-state index contributed by atoms with van der Waals surface area (Å²) >= 11 is 3.29. The number of aliphatic carboxylic acids is 1. The van der Waals surface area contributed by atoms with Crippen LogP contribution in [0.15, 0.2) is 82.2 Å². The quantitative estimate of drug-likeness (QED) is 0.221. The molecule has 11 heteroatoms. The van der Waals surface area contributed by atoms with Crippen molar-refractivity contribution in [3.63, 3.8) is 0 Å². The Morgan fingerprint density at radius 3 is 2.07 bits per heavy atom. The van der Waals surface area contributed by atoms with E-state index in [4.69, 9.17) is 4.74 Å². The molecule has 0 fully saturated rings. The van der Waals surface area contributed by atoms with Crippen molar-refractivity contribution >= 4 is 38.0 Å². The Bertz CT molecular complexity index is 1440. The molecule has 1 aliphatic rings. The van der Waals surface area contributed by atoms with Gasteiger partial charge >= 0.3 is 35.7 Å². The molecule has 0 spiro atoms. The summed E-state index contributed by atoms with van der Waals surface area (Å²) in [5, 5.41) is 14.8. The van der Waals surface area contributed by atoms with Gasteiger partial charge in [0, 0.05) is 23.5 Å². The molecule has 0 saturated carbocycles. The van der Waals surface area contributed by atoms with E-state index >= 15 is 0 Å². The summed E-state index contributed by atoms with van der Waals surface area (Å²) in [5.74, 6) is -1.59. The van der Waals surface area contributed by atoms with E-state index in [1.54, 1.807) is 12.1 Å². The van der Waals surface area contributed by atoms with E-state index < -0.39 is 28.1 Å². The molecule has 4 rings (SSSR count). The standard InChI is InChI=1S/C31H35BrN2O6S.Na/c1-21(2)19-34(41(38,39)23-16-14-22(32)15-17-23)29(30(35)36)13-7-8-18-33-31(37)40-20-28-26-11-5-3-9-24(26)25-10-4-6-12-27(25)28;/h3-6,9-12,14-17,21,28-29H,7-8,13,18-20H2,1-2H3,(H,33,37)(H,35,36);/q;+1/p-1/t29-;/m0./s1. The molecule has 218 valence electrons. The number of benzene rings is 3. The molecule has 1 N–H and O–H groups in total. The SMILES string of the molecule is CC(C)CN([C@@H](CCCCNC(=O)OCC1c2ccccc2-c2ccccc21)C(=O)[O-])S(=O)(=O)c1ccc(Br)cc1.[Na+]. The predicted molar refractivity (Wildman–Crippen MR) is 159 cm³/mol. The number of halogens is 1. The minimum Gasteiger partial charge on any atom is -0.548 e. The number of fused-ring (bicyclic) bond motifs is 3. The van der Waals surface area contributed by atoms with Gasteiger partial charge < -0.3 is 20.0 Å². The number of nitrogens with zero attached hydrogens (tertiary/aromatic N) is 1. The van der Waals surface area contributed by atoms with Gasteiger partial charge in [-0.05, 0) is 71.7 Å². The van der Waals surface area contributed by atoms with Crippen molar-refractivity contribution in [1.82, 2.24) is 9.62 Å². The van der Waals surface area contributed by atoms with Crippen molar-refractivity contribution in [3.05, 3.63) is 88.4 Å². The fourth-order valence-electron chi connectivity index (χ4n) is 5.18. The number of carboxylic acids is 1. The third kappa shape index (κ3) is 8.24. The maximum atomic E-state index is 13.4. The van der Waals surface area contributed by atoms with Crippen molar-refractivity contribution in [2.75, 3.05) is 19.7 Å². The average molecular weight is 666 g/mol. The molecular weight excluding hydrogens is 631 g/mol. The maximum absolute atomic E-state index is 13.4. The number of nitrogens with one attached hydrogen (secondary N) is 1. The molecule has 0 bridgehead atoms. The Morgan fingerprint density at radius 1 is 0.952 bits per heavy atom. The molecule has 0 heterocycles. The van der Waals surface area contributed by atoms with Crippen molar-refractivity contribution < 1.29 is 57.4 Å². The van der Waals surface area contributed by atoms with Gasteiger partial charge in [-0.15, -0.1) is 0 Å². The summed E-state index contributed by atoms with van der Waals surface area (Å²) in [6.45, 7) is 4.16. The van der Waals surface area contributed by atoms with Gasteiger partial charge in [0.2, 0.25) is 10.0 Å². The third-order valence-corrected chi connectivity index (χ3v) is 9.52. The van der Waals surface area contributed by atoms with Crippen molar-refractivity contribution in [3.8, 4) is 11.1 Å². The smallest absolute Gasteiger partial charge is 0.548 e. The van der Waals surface area contributed by atoms with E-state index in [0.29, 0.717) is 17.3 Å². The fourth-order valence-corrected chi connectivity index (χ4v) is 7.21. The molecule has 1 aliphatic carbocycles. The van der Waals surface area contributed by atoms with Gasteiger partial charge in [0.25, 0.3) is 0 Å². The van der Waals surface area contributed by atoms with Gasteiger partial charge in [-0.2, -0.15) is 4.31 Å². The zero-order valence-electron chi connectivity index (χ0n) is 24.1. The summed E-state index contributed by atoms with van der Waals surface area (Å²) in [5.41, 5.74) is 4.54. The van der Waals surface area contributed by atoms with Crippen LogP contribution >= 0.6 is 15.9 Å². The summed E-state index contributed by atoms with van der Waals surface area (Å²) < 4.78 is 34.1. The van der Waals surface area contributed by atoms with Crippen molar-refractivity contribution in [1.29, 1.82) is 0 Å². The monoisotopic (exact) mass is 664 g/mol. The molecule has 8 nitrogen and oxygen atoms in total. The van der Waals surface area contributed by atoms with Crippen LogP contribution in [0.2, 0.25) is 0 Å². The summed E-state index contributed by atoms with van der Waals surface area (Å²) in [6.07, 6.45) is 0.314. The molecule has 0 aromatic heterocycles. The summed E-state index contributed by atoms with van der Waals surface area (Å²) in [7, 11) is -4.07. The van der Waals surface area contributed by atoms with Gasteiger partial charge in [-0.3, -0.25) is 0 Å². The number of unbranched alkanes of at least 4 members (excludes halogenated alkanes) is 1. The van der Waals surface area contributed by atoms with Crippen molar-refractivity contribution in [2.45, 2.75) is 50.0 Å². The van der Waals surface area contributed by atoms with Crippen LogP contribution in [0, 0.1) is 5.92 Å². The molecule has 1 atom stereocenters. The van der Waals surface area contributed by atoms with Crippen LogP contribution in [0.25, 0.3) is 11.1 Å². The molecule has 0 unspecified atom stereocenters. The number of carbonyl (C=O) groups excluding carboxylic acids is 2. The molecule has 0 aliphatic heterocycles. The molecule has 0 saturated heterocycles. The zero-order chi connectivity index (χ0) is 29.6. The number of sulfonamides is 1. The second-order valence-corrected chi connectivity index (χ2v) is 13.3. The zero-order valence-corrected chi connectivity index (χ0v) is 28.5. The minimum absolute atomic E-state index is 0. The number of hydrogen-bond acceptors (Lipinski definition) is 6. The van der Waals surface area contributed by atoms with Crippen LogP contribution < -0.4 is 40.0 Å². The second-order valence-electron chi connectivity index (χ2n) is 10.5. The number of carbonyl (C=O) groups is 2. The Hall–Kier alpha value is -2.21. The number of ether oxygens (including phenoxy) is 1. The normalized spacial score (nSPS) is 13.3. The van der Waals surface area contributed by atoms with Gasteiger partial charge in [0.1, 0.15) is 6.61 Å². The number of amides is 1. The summed E-state index contributed by atoms with van der Waals surface area (Å²) in [6, 6.07) is 20.9. The van der Waals surface area contributed by atoms with Gasteiger partial charge in [0.15, 0.2) is 0 Å². The first-order valence-corrected chi connectivity index (χ1v) is 15.9. The molecule has 3 aromatic rings. The van der Waals surface area contributed by atoms with Crippen LogP contribution in [0.4, 0.5) is 4.79 Å². The van der Waals surface area contributed by atoms with E-state index in [1.807, 2.05) is 38.1 Å². The first kappa shape index (κ1) is 34.3. The average Bonchev–Trinajstić information content (AvgIpc) is 3.26. The largest absolute Gasteiger partial charge is 1.00 e. The Balaban J connectivity index is 0.00000484. The van der Waals surface area contributed by atoms with Crippen LogP contribution in [-0.2, 0) is 19.6 Å². The number of rotatable bonds is 13. The van der Waals surface area contributed by atoms with E-state index in [0.717, 1.165) is 26.6 Å². The molecule has 0 radical (unpaired) electrons. The van der Waals surface area contributed by atoms with E-state index in [-0.39, 0.29) is 72.4 Å². The molecule has 1 amide bonds. The topological polar surface area (TPSA) is 116 Å². The van der Waals surface area contributed by atoms with Crippen LogP contribution in [0.5, 0.6) is 0 Å². The predicted octanol–water partition coefficient (Wildman–Crippen LogP) is 1.93. The Labute approximate surface area is 278 Å². The molecule has 42 heavy (non-hydrogen) atoms. The Kier molecular flexibility index (Phi) is 12.6. The first-order chi connectivity index (χ1) is 19.6. The van der Waals surface area contributed by atoms with E-state index in [1.165, 1.54) is 12.1 Å². The maximum Gasteiger partial charge on any atom is 1.00 e. The van der Waals surface area contributed by atoms with Crippen LogP contribution in [0.3, 0.4) is 0 Å². The van der Waals surface area contributed by atoms with Gasteiger partial charge in [-0.25, -0.2) is 13.2 Å². The van der Waals surface area contributed by atoms with Crippen molar-refractivity contribution in [2.24, 2.45) is 5.92 Å². The minimum atomic E-state index is -4.07. The van der Waals surface area contributed by atoms with Gasteiger partial charge in [-0.1, -0.05) is 78.3 Å². The first-order valence-electron chi connectivity index (χ1n) is 13.7.